The molecule has 0 fully saturated rings. The van der Waals surface area contributed by atoms with Gasteiger partial charge < -0.3 is 20.3 Å². The van der Waals surface area contributed by atoms with Crippen LogP contribution in [0.5, 0.6) is 0 Å². The highest BCUT2D eigenvalue weighted by atomic mass is 32.1. The Labute approximate surface area is 172 Å². The summed E-state index contributed by atoms with van der Waals surface area (Å²) in [7, 11) is 0. The van der Waals surface area contributed by atoms with Crippen molar-refractivity contribution in [1.82, 2.24) is 10.2 Å². The van der Waals surface area contributed by atoms with E-state index >= 15 is 0 Å². The van der Waals surface area contributed by atoms with Crippen LogP contribution in [0.1, 0.15) is 59.1 Å². The van der Waals surface area contributed by atoms with Crippen molar-refractivity contribution < 1.29 is 14.3 Å². The Morgan fingerprint density at radius 2 is 1.89 bits per heavy atom. The molecule has 0 bridgehead atoms. The zero-order valence-electron chi connectivity index (χ0n) is 17.2. The number of benzene rings is 1. The standard InChI is InChI=1S/C21H29N3O3S/c1-6-8-17(25)22-16-11-9-15(10-12-16)19-18(20(26)27-13(3)4)14(5)24(7-2)21(28)23-19/h9-13,19H,6-8H2,1-5H3,(H,22,25)(H,23,28). The molecule has 7 heteroatoms. The fourth-order valence-corrected chi connectivity index (χ4v) is 3.55. The first-order chi connectivity index (χ1) is 13.3. The van der Waals surface area contributed by atoms with E-state index in [0.717, 1.165) is 23.4 Å². The summed E-state index contributed by atoms with van der Waals surface area (Å²) >= 11 is 5.49. The van der Waals surface area contributed by atoms with Gasteiger partial charge in [-0.3, -0.25) is 4.79 Å². The SMILES string of the molecule is CCCC(=O)Nc1ccc(C2NC(=S)N(CC)C(C)=C2C(=O)OC(C)C)cc1. The van der Waals surface area contributed by atoms with Crippen LogP contribution in [0.25, 0.3) is 0 Å². The normalized spacial score (nSPS) is 16.9. The number of carbonyl (C=O) groups is 2. The molecule has 1 aliphatic rings. The number of hydrogen-bond donors (Lipinski definition) is 2. The number of nitrogens with one attached hydrogen (secondary N) is 2. The Balaban J connectivity index is 2.35. The van der Waals surface area contributed by atoms with Crippen LogP contribution < -0.4 is 10.6 Å². The lowest BCUT2D eigenvalue weighted by atomic mass is 9.94. The summed E-state index contributed by atoms with van der Waals surface area (Å²) in [4.78, 5) is 26.5. The van der Waals surface area contributed by atoms with Gasteiger partial charge in [-0.1, -0.05) is 19.1 Å². The third kappa shape index (κ3) is 5.10. The number of anilines is 1. The molecule has 1 amide bonds. The first kappa shape index (κ1) is 21.9. The Morgan fingerprint density at radius 1 is 1.25 bits per heavy atom. The lowest BCUT2D eigenvalue weighted by Crippen LogP contribution is -2.47. The summed E-state index contributed by atoms with van der Waals surface area (Å²) in [5, 5.41) is 6.71. The Hall–Kier alpha value is -2.41. The third-order valence-corrected chi connectivity index (χ3v) is 4.82. The second kappa shape index (κ2) is 9.68. The van der Waals surface area contributed by atoms with Crippen molar-refractivity contribution in [2.45, 2.75) is 59.6 Å². The van der Waals surface area contributed by atoms with Crippen molar-refractivity contribution in [3.63, 3.8) is 0 Å². The van der Waals surface area contributed by atoms with Gasteiger partial charge in [0.05, 0.1) is 17.7 Å². The van der Waals surface area contributed by atoms with Crippen LogP contribution in [-0.4, -0.2) is 34.5 Å². The molecule has 1 heterocycles. The first-order valence-corrected chi connectivity index (χ1v) is 10.1. The molecule has 0 radical (unpaired) electrons. The van der Waals surface area contributed by atoms with Crippen LogP contribution in [0.3, 0.4) is 0 Å². The molecule has 0 aliphatic carbocycles. The van der Waals surface area contributed by atoms with E-state index in [1.165, 1.54) is 0 Å². The third-order valence-electron chi connectivity index (χ3n) is 4.48. The van der Waals surface area contributed by atoms with Gasteiger partial charge in [-0.2, -0.15) is 0 Å². The number of allylic oxidation sites excluding steroid dienone is 1. The highest BCUT2D eigenvalue weighted by Crippen LogP contribution is 2.32. The maximum absolute atomic E-state index is 12.8. The lowest BCUT2D eigenvalue weighted by molar-refractivity contribution is -0.143. The number of hydrogen-bond acceptors (Lipinski definition) is 4. The minimum absolute atomic E-state index is 0.0113. The predicted octanol–water partition coefficient (Wildman–Crippen LogP) is 3.90. The Bertz CT molecular complexity index is 772. The predicted molar refractivity (Wildman–Crippen MR) is 115 cm³/mol. The minimum Gasteiger partial charge on any atom is -0.459 e. The molecule has 1 atom stereocenters. The zero-order chi connectivity index (χ0) is 20.8. The van der Waals surface area contributed by atoms with Crippen molar-refractivity contribution in [1.29, 1.82) is 0 Å². The van der Waals surface area contributed by atoms with Crippen molar-refractivity contribution in [2.24, 2.45) is 0 Å². The van der Waals surface area contributed by atoms with Crippen LogP contribution in [0, 0.1) is 0 Å². The molecule has 1 aromatic carbocycles. The second-order valence-corrected chi connectivity index (χ2v) is 7.39. The second-order valence-electron chi connectivity index (χ2n) is 7.00. The summed E-state index contributed by atoms with van der Waals surface area (Å²) in [6.07, 6.45) is 1.07. The van der Waals surface area contributed by atoms with Gasteiger partial charge in [0, 0.05) is 24.4 Å². The number of amides is 1. The summed E-state index contributed by atoms with van der Waals surface area (Å²) in [6, 6.07) is 7.04. The fraction of sp³-hybridized carbons (Fsp3) is 0.476. The highest BCUT2D eigenvalue weighted by Gasteiger charge is 2.34. The molecule has 0 saturated heterocycles. The van der Waals surface area contributed by atoms with Gasteiger partial charge in [-0.25, -0.2) is 4.79 Å². The van der Waals surface area contributed by atoms with Gasteiger partial charge in [0.25, 0.3) is 0 Å². The fourth-order valence-electron chi connectivity index (χ4n) is 3.16. The summed E-state index contributed by atoms with van der Waals surface area (Å²) in [5.41, 5.74) is 2.94. The number of thiocarbonyl (C=S) groups is 1. The molecule has 0 spiro atoms. The van der Waals surface area contributed by atoms with E-state index < -0.39 is 6.04 Å². The van der Waals surface area contributed by atoms with Crippen molar-refractivity contribution >= 4 is 34.9 Å². The average Bonchev–Trinajstić information content (AvgIpc) is 2.61. The molecule has 0 saturated carbocycles. The van der Waals surface area contributed by atoms with Gasteiger partial charge in [0.15, 0.2) is 5.11 Å². The van der Waals surface area contributed by atoms with Crippen LogP contribution in [-0.2, 0) is 14.3 Å². The minimum atomic E-state index is -0.401. The monoisotopic (exact) mass is 403 g/mol. The molecule has 1 aliphatic heterocycles. The summed E-state index contributed by atoms with van der Waals surface area (Å²) < 4.78 is 5.48. The molecule has 0 aromatic heterocycles. The van der Waals surface area contributed by atoms with Gasteiger partial charge in [0.1, 0.15) is 0 Å². The van der Waals surface area contributed by atoms with Crippen LogP contribution >= 0.6 is 12.2 Å². The van der Waals surface area contributed by atoms with Crippen molar-refractivity contribution in [3.05, 3.63) is 41.1 Å². The van der Waals surface area contributed by atoms with E-state index in [-0.39, 0.29) is 18.0 Å². The van der Waals surface area contributed by atoms with E-state index in [2.05, 4.69) is 10.6 Å². The van der Waals surface area contributed by atoms with Gasteiger partial charge in [-0.05, 0) is 64.0 Å². The zero-order valence-corrected chi connectivity index (χ0v) is 18.0. The highest BCUT2D eigenvalue weighted by molar-refractivity contribution is 7.80. The molecule has 6 nitrogen and oxygen atoms in total. The molecular formula is C21H29N3O3S. The number of esters is 1. The van der Waals surface area contributed by atoms with E-state index in [4.69, 9.17) is 17.0 Å². The van der Waals surface area contributed by atoms with Gasteiger partial charge in [-0.15, -0.1) is 0 Å². The van der Waals surface area contributed by atoms with E-state index in [1.807, 2.05) is 63.8 Å². The van der Waals surface area contributed by atoms with Crippen LogP contribution in [0.2, 0.25) is 0 Å². The Kier molecular flexibility index (Phi) is 7.57. The van der Waals surface area contributed by atoms with E-state index in [9.17, 15) is 9.59 Å². The average molecular weight is 404 g/mol. The van der Waals surface area contributed by atoms with Gasteiger partial charge in [0.2, 0.25) is 5.91 Å². The number of carbonyl (C=O) groups excluding carboxylic acids is 2. The summed E-state index contributed by atoms with van der Waals surface area (Å²) in [6.45, 7) is 10.2. The molecule has 2 N–H and O–H groups in total. The van der Waals surface area contributed by atoms with Gasteiger partial charge >= 0.3 is 5.97 Å². The van der Waals surface area contributed by atoms with E-state index in [0.29, 0.717) is 23.7 Å². The molecule has 2 rings (SSSR count). The van der Waals surface area contributed by atoms with E-state index in [1.54, 1.807) is 0 Å². The van der Waals surface area contributed by atoms with Crippen LogP contribution in [0.4, 0.5) is 5.69 Å². The smallest absolute Gasteiger partial charge is 0.338 e. The number of nitrogens with zero attached hydrogens (tertiary/aromatic N) is 1. The lowest BCUT2D eigenvalue weighted by Gasteiger charge is -2.37. The molecule has 1 unspecified atom stereocenters. The number of rotatable bonds is 7. The summed E-state index contributed by atoms with van der Waals surface area (Å²) in [5.74, 6) is -0.367. The maximum atomic E-state index is 12.8. The topological polar surface area (TPSA) is 70.7 Å². The first-order valence-electron chi connectivity index (χ1n) is 9.68. The van der Waals surface area contributed by atoms with Crippen molar-refractivity contribution in [3.8, 4) is 0 Å². The number of ether oxygens (including phenoxy) is 1. The largest absolute Gasteiger partial charge is 0.459 e. The maximum Gasteiger partial charge on any atom is 0.338 e. The molecule has 152 valence electrons. The Morgan fingerprint density at radius 3 is 2.43 bits per heavy atom. The quantitative estimate of drug-likeness (QED) is 0.531. The molecule has 28 heavy (non-hydrogen) atoms. The molecule has 1 aromatic rings. The van der Waals surface area contributed by atoms with Crippen LogP contribution in [0.15, 0.2) is 35.5 Å². The van der Waals surface area contributed by atoms with Crippen molar-refractivity contribution in [2.75, 3.05) is 11.9 Å². The molecular weight excluding hydrogens is 374 g/mol.